The van der Waals surface area contributed by atoms with Crippen molar-refractivity contribution in [1.82, 2.24) is 5.32 Å². The third-order valence-corrected chi connectivity index (χ3v) is 5.48. The van der Waals surface area contributed by atoms with Gasteiger partial charge in [0.2, 0.25) is 0 Å². The van der Waals surface area contributed by atoms with Gasteiger partial charge in [-0.15, -0.1) is 22.7 Å². The Hall–Kier alpha value is -0.380. The van der Waals surface area contributed by atoms with E-state index in [1.165, 1.54) is 33.5 Å². The van der Waals surface area contributed by atoms with E-state index in [9.17, 15) is 0 Å². The van der Waals surface area contributed by atoms with Crippen molar-refractivity contribution in [2.75, 3.05) is 7.05 Å². The van der Waals surface area contributed by atoms with Crippen LogP contribution < -0.4 is 5.32 Å². The maximum Gasteiger partial charge on any atom is 0.0454 e. The number of thiophene rings is 2. The SMILES string of the molecule is CCCC(C)CC(NC)c1cc2sccc2s1. The number of rotatable bonds is 6. The van der Waals surface area contributed by atoms with Crippen LogP contribution in [0.5, 0.6) is 0 Å². The van der Waals surface area contributed by atoms with Crippen LogP contribution in [0.25, 0.3) is 9.40 Å². The Labute approximate surface area is 112 Å². The van der Waals surface area contributed by atoms with Crippen molar-refractivity contribution < 1.29 is 0 Å². The average Bonchev–Trinajstić information content (AvgIpc) is 2.86. The Balaban J connectivity index is 2.09. The highest BCUT2D eigenvalue weighted by atomic mass is 32.1. The second-order valence-electron chi connectivity index (χ2n) is 4.77. The molecule has 2 atom stereocenters. The smallest absolute Gasteiger partial charge is 0.0454 e. The van der Waals surface area contributed by atoms with Crippen LogP contribution in [0, 0.1) is 5.92 Å². The van der Waals surface area contributed by atoms with E-state index in [-0.39, 0.29) is 0 Å². The monoisotopic (exact) mass is 267 g/mol. The van der Waals surface area contributed by atoms with Crippen LogP contribution in [0.3, 0.4) is 0 Å². The van der Waals surface area contributed by atoms with E-state index in [4.69, 9.17) is 0 Å². The minimum atomic E-state index is 0.529. The van der Waals surface area contributed by atoms with Crippen LogP contribution in [0.2, 0.25) is 0 Å². The first-order valence-electron chi connectivity index (χ1n) is 6.38. The molecule has 1 N–H and O–H groups in total. The molecule has 0 aliphatic carbocycles. The molecule has 0 saturated heterocycles. The molecular formula is C14H21NS2. The summed E-state index contributed by atoms with van der Waals surface area (Å²) >= 11 is 3.79. The van der Waals surface area contributed by atoms with Gasteiger partial charge in [0.05, 0.1) is 0 Å². The Morgan fingerprint density at radius 3 is 2.82 bits per heavy atom. The van der Waals surface area contributed by atoms with E-state index in [1.54, 1.807) is 0 Å². The largest absolute Gasteiger partial charge is 0.312 e. The third-order valence-electron chi connectivity index (χ3n) is 3.27. The lowest BCUT2D eigenvalue weighted by Crippen LogP contribution is -2.17. The maximum absolute atomic E-state index is 3.47. The first-order valence-corrected chi connectivity index (χ1v) is 8.08. The summed E-state index contributed by atoms with van der Waals surface area (Å²) in [5.41, 5.74) is 0. The molecule has 2 aromatic heterocycles. The fourth-order valence-corrected chi connectivity index (χ4v) is 4.59. The van der Waals surface area contributed by atoms with E-state index in [1.807, 2.05) is 22.7 Å². The number of hydrogen-bond acceptors (Lipinski definition) is 3. The summed E-state index contributed by atoms with van der Waals surface area (Å²) in [5.74, 6) is 0.803. The molecule has 0 bridgehead atoms. The Kier molecular flexibility index (Phi) is 4.60. The summed E-state index contributed by atoms with van der Waals surface area (Å²) in [6, 6.07) is 5.13. The van der Waals surface area contributed by atoms with E-state index in [0.717, 1.165) is 5.92 Å². The first-order chi connectivity index (χ1) is 8.24. The predicted octanol–water partition coefficient (Wildman–Crippen LogP) is 5.05. The molecule has 0 fully saturated rings. The number of hydrogen-bond donors (Lipinski definition) is 1. The minimum Gasteiger partial charge on any atom is -0.312 e. The second-order valence-corrected chi connectivity index (χ2v) is 6.83. The first kappa shape index (κ1) is 13.1. The zero-order valence-electron chi connectivity index (χ0n) is 10.8. The molecule has 0 amide bonds. The molecule has 0 aliphatic heterocycles. The predicted molar refractivity (Wildman–Crippen MR) is 80.2 cm³/mol. The third kappa shape index (κ3) is 3.09. The van der Waals surface area contributed by atoms with Crippen molar-refractivity contribution in [3.63, 3.8) is 0 Å². The minimum absolute atomic E-state index is 0.529. The topological polar surface area (TPSA) is 12.0 Å². The van der Waals surface area contributed by atoms with Crippen LogP contribution in [0.1, 0.15) is 44.0 Å². The van der Waals surface area contributed by atoms with Crippen molar-refractivity contribution in [1.29, 1.82) is 0 Å². The molecule has 2 unspecified atom stereocenters. The average molecular weight is 267 g/mol. The highest BCUT2D eigenvalue weighted by Gasteiger charge is 2.16. The van der Waals surface area contributed by atoms with Gasteiger partial charge >= 0.3 is 0 Å². The summed E-state index contributed by atoms with van der Waals surface area (Å²) in [5, 5.41) is 5.65. The van der Waals surface area contributed by atoms with Gasteiger partial charge in [-0.2, -0.15) is 0 Å². The van der Waals surface area contributed by atoms with E-state index in [2.05, 4.69) is 43.7 Å². The molecule has 0 aliphatic rings. The molecular weight excluding hydrogens is 246 g/mol. The van der Waals surface area contributed by atoms with Gasteiger partial charge in [0.1, 0.15) is 0 Å². The number of nitrogens with one attached hydrogen (secondary N) is 1. The van der Waals surface area contributed by atoms with Gasteiger partial charge in [-0.1, -0.05) is 26.7 Å². The normalized spacial score (nSPS) is 15.2. The lowest BCUT2D eigenvalue weighted by Gasteiger charge is -2.19. The van der Waals surface area contributed by atoms with E-state index in [0.29, 0.717) is 6.04 Å². The Morgan fingerprint density at radius 1 is 1.35 bits per heavy atom. The van der Waals surface area contributed by atoms with Gasteiger partial charge in [0.15, 0.2) is 0 Å². The van der Waals surface area contributed by atoms with Crippen molar-refractivity contribution in [2.45, 2.75) is 39.2 Å². The summed E-state index contributed by atoms with van der Waals surface area (Å²) < 4.78 is 2.88. The molecule has 2 aromatic rings. The lowest BCUT2D eigenvalue weighted by molar-refractivity contribution is 0.410. The fourth-order valence-electron chi connectivity index (χ4n) is 2.35. The van der Waals surface area contributed by atoms with Gasteiger partial charge < -0.3 is 5.32 Å². The maximum atomic E-state index is 3.47. The summed E-state index contributed by atoms with van der Waals surface area (Å²) in [4.78, 5) is 1.50. The Morgan fingerprint density at radius 2 is 2.18 bits per heavy atom. The standard InChI is InChI=1S/C14H21NS2/c1-4-5-10(2)8-11(15-3)13-9-14-12(17-13)6-7-16-14/h6-7,9-11,15H,4-5,8H2,1-3H3. The molecule has 2 rings (SSSR count). The highest BCUT2D eigenvalue weighted by molar-refractivity contribution is 7.26. The molecule has 0 saturated carbocycles. The van der Waals surface area contributed by atoms with Crippen LogP contribution in [0.4, 0.5) is 0 Å². The van der Waals surface area contributed by atoms with E-state index < -0.39 is 0 Å². The summed E-state index contributed by atoms with van der Waals surface area (Å²) in [7, 11) is 2.08. The molecule has 0 spiro atoms. The van der Waals surface area contributed by atoms with Gasteiger partial charge in [-0.05, 0) is 36.9 Å². The Bertz CT molecular complexity index is 429. The summed E-state index contributed by atoms with van der Waals surface area (Å²) in [6.07, 6.45) is 3.87. The molecule has 0 radical (unpaired) electrons. The van der Waals surface area contributed by atoms with Crippen molar-refractivity contribution in [3.8, 4) is 0 Å². The molecule has 94 valence electrons. The molecule has 0 aromatic carbocycles. The molecule has 1 nitrogen and oxygen atoms in total. The van der Waals surface area contributed by atoms with Crippen molar-refractivity contribution in [2.24, 2.45) is 5.92 Å². The van der Waals surface area contributed by atoms with Gasteiger partial charge in [0.25, 0.3) is 0 Å². The van der Waals surface area contributed by atoms with Crippen molar-refractivity contribution >= 4 is 32.1 Å². The van der Waals surface area contributed by atoms with Crippen molar-refractivity contribution in [3.05, 3.63) is 22.4 Å². The fraction of sp³-hybridized carbons (Fsp3) is 0.571. The molecule has 3 heteroatoms. The summed E-state index contributed by atoms with van der Waals surface area (Å²) in [6.45, 7) is 4.63. The van der Waals surface area contributed by atoms with Gasteiger partial charge in [-0.3, -0.25) is 0 Å². The van der Waals surface area contributed by atoms with Crippen LogP contribution in [-0.2, 0) is 0 Å². The number of fused-ring (bicyclic) bond motifs is 1. The second kappa shape index (κ2) is 5.98. The highest BCUT2D eigenvalue weighted by Crippen LogP contribution is 2.35. The molecule has 2 heterocycles. The lowest BCUT2D eigenvalue weighted by atomic mass is 9.96. The van der Waals surface area contributed by atoms with Crippen LogP contribution >= 0.6 is 22.7 Å². The van der Waals surface area contributed by atoms with E-state index >= 15 is 0 Å². The molecule has 17 heavy (non-hydrogen) atoms. The van der Waals surface area contributed by atoms with Gasteiger partial charge in [0, 0.05) is 20.3 Å². The zero-order valence-corrected chi connectivity index (χ0v) is 12.5. The van der Waals surface area contributed by atoms with Gasteiger partial charge in [-0.25, -0.2) is 0 Å². The zero-order chi connectivity index (χ0) is 12.3. The quantitative estimate of drug-likeness (QED) is 0.772. The van der Waals surface area contributed by atoms with Crippen LogP contribution in [0.15, 0.2) is 17.5 Å². The van der Waals surface area contributed by atoms with Crippen LogP contribution in [-0.4, -0.2) is 7.05 Å².